The summed E-state index contributed by atoms with van der Waals surface area (Å²) in [6.07, 6.45) is -4.47. The van der Waals surface area contributed by atoms with Gasteiger partial charge in [0, 0.05) is 19.6 Å². The van der Waals surface area contributed by atoms with Crippen LogP contribution in [0.2, 0.25) is 0 Å². The number of benzene rings is 2. The van der Waals surface area contributed by atoms with Crippen molar-refractivity contribution in [3.63, 3.8) is 0 Å². The van der Waals surface area contributed by atoms with Gasteiger partial charge in [-0.25, -0.2) is 4.39 Å². The molecule has 0 bridgehead atoms. The van der Waals surface area contributed by atoms with Crippen molar-refractivity contribution in [3.05, 3.63) is 71.0 Å². The summed E-state index contributed by atoms with van der Waals surface area (Å²) < 4.78 is 51.0. The molecule has 0 radical (unpaired) electrons. The number of piperidine rings is 1. The number of aliphatic hydroxyl groups excluding tert-OH is 1. The third-order valence-electron chi connectivity index (χ3n) is 5.12. The van der Waals surface area contributed by atoms with E-state index in [2.05, 4.69) is 0 Å². The Morgan fingerprint density at radius 1 is 0.963 bits per heavy atom. The summed E-state index contributed by atoms with van der Waals surface area (Å²) in [5.41, 5.74) is -0.842. The summed E-state index contributed by atoms with van der Waals surface area (Å²) >= 11 is 0. The average Bonchev–Trinajstić information content (AvgIpc) is 2.64. The summed E-state index contributed by atoms with van der Waals surface area (Å²) in [5.74, 6) is -0.370. The van der Waals surface area contributed by atoms with Gasteiger partial charge in [-0.3, -0.25) is 0 Å². The van der Waals surface area contributed by atoms with Gasteiger partial charge < -0.3 is 15.1 Å². The van der Waals surface area contributed by atoms with Gasteiger partial charge in [-0.2, -0.15) is 13.2 Å². The van der Waals surface area contributed by atoms with E-state index < -0.39 is 23.4 Å². The number of alkyl halides is 3. The maximum absolute atomic E-state index is 13.0. The first-order chi connectivity index (χ1) is 12.7. The Morgan fingerprint density at radius 2 is 1.52 bits per heavy atom. The number of halogens is 4. The van der Waals surface area contributed by atoms with Crippen LogP contribution in [0, 0.1) is 5.82 Å². The van der Waals surface area contributed by atoms with E-state index in [9.17, 15) is 27.8 Å². The highest BCUT2D eigenvalue weighted by molar-refractivity contribution is 5.29. The first-order valence-electron chi connectivity index (χ1n) is 8.73. The highest BCUT2D eigenvalue weighted by Gasteiger charge is 2.36. The molecule has 1 fully saturated rings. The molecule has 1 aliphatic rings. The first-order valence-corrected chi connectivity index (χ1v) is 8.73. The summed E-state index contributed by atoms with van der Waals surface area (Å²) in [7, 11) is 0. The molecule has 7 heteroatoms. The van der Waals surface area contributed by atoms with E-state index in [-0.39, 0.29) is 5.82 Å². The van der Waals surface area contributed by atoms with Gasteiger partial charge in [0.25, 0.3) is 0 Å². The molecule has 1 atom stereocenters. The minimum absolute atomic E-state index is 0.342. The SMILES string of the molecule is OC(CN1CCC(O)(c2ccc(C(F)(F)F)cc2)CC1)c1ccc(F)cc1. The fourth-order valence-corrected chi connectivity index (χ4v) is 3.40. The topological polar surface area (TPSA) is 43.7 Å². The smallest absolute Gasteiger partial charge is 0.387 e. The van der Waals surface area contributed by atoms with Crippen molar-refractivity contribution in [2.45, 2.75) is 30.7 Å². The van der Waals surface area contributed by atoms with Crippen molar-refractivity contribution in [1.29, 1.82) is 0 Å². The lowest BCUT2D eigenvalue weighted by Crippen LogP contribution is -2.44. The van der Waals surface area contributed by atoms with Crippen molar-refractivity contribution in [2.75, 3.05) is 19.6 Å². The lowest BCUT2D eigenvalue weighted by Gasteiger charge is -2.39. The second-order valence-corrected chi connectivity index (χ2v) is 6.97. The van der Waals surface area contributed by atoms with Gasteiger partial charge in [-0.1, -0.05) is 24.3 Å². The summed E-state index contributed by atoms with van der Waals surface area (Å²) in [4.78, 5) is 1.98. The molecule has 2 aromatic rings. The number of β-amino-alcohol motifs (C(OH)–C–C–N with tert-alkyl or cyclic N) is 1. The molecule has 0 aromatic heterocycles. The van der Waals surface area contributed by atoms with Crippen LogP contribution >= 0.6 is 0 Å². The van der Waals surface area contributed by atoms with Crippen LogP contribution in [0.4, 0.5) is 17.6 Å². The Bertz CT molecular complexity index is 751. The van der Waals surface area contributed by atoms with Crippen LogP contribution in [0.25, 0.3) is 0 Å². The second-order valence-electron chi connectivity index (χ2n) is 6.97. The Hall–Kier alpha value is -1.96. The number of nitrogens with zero attached hydrogens (tertiary/aromatic N) is 1. The molecule has 1 aliphatic heterocycles. The first kappa shape index (κ1) is 19.8. The molecule has 0 spiro atoms. The molecule has 0 aliphatic carbocycles. The van der Waals surface area contributed by atoms with E-state index in [0.29, 0.717) is 43.6 Å². The summed E-state index contributed by atoms with van der Waals surface area (Å²) in [5, 5.41) is 21.1. The number of aliphatic hydroxyl groups is 2. The number of rotatable bonds is 4. The molecule has 1 unspecified atom stereocenters. The molecule has 146 valence electrons. The second kappa shape index (κ2) is 7.58. The quantitative estimate of drug-likeness (QED) is 0.788. The zero-order chi connectivity index (χ0) is 19.7. The van der Waals surface area contributed by atoms with Crippen LogP contribution in [0.5, 0.6) is 0 Å². The van der Waals surface area contributed by atoms with E-state index in [1.807, 2.05) is 4.90 Å². The van der Waals surface area contributed by atoms with Crippen molar-refractivity contribution in [2.24, 2.45) is 0 Å². The van der Waals surface area contributed by atoms with E-state index in [0.717, 1.165) is 12.1 Å². The lowest BCUT2D eigenvalue weighted by atomic mass is 9.84. The van der Waals surface area contributed by atoms with E-state index in [4.69, 9.17) is 0 Å². The Morgan fingerprint density at radius 3 is 2.04 bits per heavy atom. The van der Waals surface area contributed by atoms with Gasteiger partial charge in [0.15, 0.2) is 0 Å². The van der Waals surface area contributed by atoms with Crippen molar-refractivity contribution in [3.8, 4) is 0 Å². The molecule has 2 aromatic carbocycles. The third kappa shape index (κ3) is 4.66. The fourth-order valence-electron chi connectivity index (χ4n) is 3.40. The highest BCUT2D eigenvalue weighted by Crippen LogP contribution is 2.36. The fraction of sp³-hybridized carbons (Fsp3) is 0.400. The van der Waals surface area contributed by atoms with Crippen LogP contribution in [0.1, 0.15) is 35.6 Å². The van der Waals surface area contributed by atoms with Gasteiger partial charge in [0.05, 0.1) is 17.3 Å². The van der Waals surface area contributed by atoms with Crippen molar-refractivity contribution in [1.82, 2.24) is 4.90 Å². The molecule has 0 amide bonds. The van der Waals surface area contributed by atoms with E-state index in [1.165, 1.54) is 36.4 Å². The van der Waals surface area contributed by atoms with Crippen molar-refractivity contribution < 1.29 is 27.8 Å². The van der Waals surface area contributed by atoms with E-state index >= 15 is 0 Å². The molecule has 2 N–H and O–H groups in total. The molecule has 0 saturated carbocycles. The Balaban J connectivity index is 1.59. The van der Waals surface area contributed by atoms with Crippen LogP contribution in [-0.4, -0.2) is 34.7 Å². The van der Waals surface area contributed by atoms with Gasteiger partial charge in [0.1, 0.15) is 5.82 Å². The standard InChI is InChI=1S/C20H21F4NO2/c21-17-7-1-14(2-8-17)18(26)13-25-11-9-19(27,10-12-25)15-3-5-16(6-4-15)20(22,23)24/h1-8,18,26-27H,9-13H2. The number of likely N-dealkylation sites (tertiary alicyclic amines) is 1. The van der Waals surface area contributed by atoms with Gasteiger partial charge in [-0.15, -0.1) is 0 Å². The minimum atomic E-state index is -4.40. The third-order valence-corrected chi connectivity index (χ3v) is 5.12. The summed E-state index contributed by atoms with van der Waals surface area (Å²) in [6, 6.07) is 10.3. The van der Waals surface area contributed by atoms with Gasteiger partial charge >= 0.3 is 6.18 Å². The Kier molecular flexibility index (Phi) is 5.55. The predicted octanol–water partition coefficient (Wildman–Crippen LogP) is 3.86. The van der Waals surface area contributed by atoms with Crippen LogP contribution in [0.15, 0.2) is 48.5 Å². The van der Waals surface area contributed by atoms with Gasteiger partial charge in [-0.05, 0) is 48.2 Å². The predicted molar refractivity (Wildman–Crippen MR) is 92.4 cm³/mol. The lowest BCUT2D eigenvalue weighted by molar-refractivity contribution is -0.137. The number of hydrogen-bond donors (Lipinski definition) is 2. The molecular weight excluding hydrogens is 362 g/mol. The molecule has 27 heavy (non-hydrogen) atoms. The zero-order valence-corrected chi connectivity index (χ0v) is 14.6. The molecule has 1 heterocycles. The highest BCUT2D eigenvalue weighted by atomic mass is 19.4. The monoisotopic (exact) mass is 383 g/mol. The molecule has 1 saturated heterocycles. The maximum atomic E-state index is 13.0. The normalized spacial score (nSPS) is 19.0. The van der Waals surface area contributed by atoms with E-state index in [1.54, 1.807) is 0 Å². The van der Waals surface area contributed by atoms with Crippen LogP contribution < -0.4 is 0 Å². The van der Waals surface area contributed by atoms with Crippen LogP contribution in [0.3, 0.4) is 0 Å². The maximum Gasteiger partial charge on any atom is 0.416 e. The average molecular weight is 383 g/mol. The minimum Gasteiger partial charge on any atom is -0.387 e. The number of hydrogen-bond acceptors (Lipinski definition) is 3. The zero-order valence-electron chi connectivity index (χ0n) is 14.6. The largest absolute Gasteiger partial charge is 0.416 e. The molecule has 3 nitrogen and oxygen atoms in total. The Labute approximate surface area is 154 Å². The molecule has 3 rings (SSSR count). The van der Waals surface area contributed by atoms with Crippen molar-refractivity contribution >= 4 is 0 Å². The molecular formula is C20H21F4NO2. The summed E-state index contributed by atoms with van der Waals surface area (Å²) in [6.45, 7) is 1.33. The van der Waals surface area contributed by atoms with Gasteiger partial charge in [0.2, 0.25) is 0 Å². The van der Waals surface area contributed by atoms with Crippen LogP contribution in [-0.2, 0) is 11.8 Å².